The van der Waals surface area contributed by atoms with E-state index in [4.69, 9.17) is 11.6 Å². The van der Waals surface area contributed by atoms with Gasteiger partial charge in [-0.15, -0.1) is 0 Å². The van der Waals surface area contributed by atoms with E-state index >= 15 is 0 Å². The Labute approximate surface area is 127 Å². The fraction of sp³-hybridized carbons (Fsp3) is 0.133. The summed E-state index contributed by atoms with van der Waals surface area (Å²) in [5, 5.41) is 5.98. The average Bonchev–Trinajstić information content (AvgIpc) is 2.46. The second-order valence-electron chi connectivity index (χ2n) is 4.42. The maximum Gasteiger partial charge on any atom is 0.251 e. The summed E-state index contributed by atoms with van der Waals surface area (Å²) in [5.41, 5.74) is 1.38. The van der Waals surface area contributed by atoms with Crippen LogP contribution in [0.4, 0.5) is 5.82 Å². The van der Waals surface area contributed by atoms with Crippen LogP contribution in [0.2, 0.25) is 5.02 Å². The van der Waals surface area contributed by atoms with E-state index in [0.29, 0.717) is 22.9 Å². The molecule has 0 unspecified atom stereocenters. The van der Waals surface area contributed by atoms with E-state index in [2.05, 4.69) is 15.6 Å². The SMILES string of the molecule is CC(=O)Nc1cc(C(=O)NCc2ccc(Cl)cc2)ccn1. The van der Waals surface area contributed by atoms with Crippen LogP contribution in [0.3, 0.4) is 0 Å². The van der Waals surface area contributed by atoms with E-state index in [1.54, 1.807) is 18.2 Å². The highest BCUT2D eigenvalue weighted by atomic mass is 35.5. The highest BCUT2D eigenvalue weighted by Crippen LogP contribution is 2.10. The third-order valence-corrected chi connectivity index (χ3v) is 2.94. The first-order valence-electron chi connectivity index (χ1n) is 6.31. The predicted molar refractivity (Wildman–Crippen MR) is 81.2 cm³/mol. The van der Waals surface area contributed by atoms with Gasteiger partial charge >= 0.3 is 0 Å². The quantitative estimate of drug-likeness (QED) is 0.912. The van der Waals surface area contributed by atoms with Crippen LogP contribution in [-0.2, 0) is 11.3 Å². The maximum absolute atomic E-state index is 12.0. The number of halogens is 1. The highest BCUT2D eigenvalue weighted by Gasteiger charge is 2.07. The first-order chi connectivity index (χ1) is 10.0. The standard InChI is InChI=1S/C15H14ClN3O2/c1-10(20)19-14-8-12(6-7-17-14)15(21)18-9-11-2-4-13(16)5-3-11/h2-8H,9H2,1H3,(H,18,21)(H,17,19,20). The highest BCUT2D eigenvalue weighted by molar-refractivity contribution is 6.30. The van der Waals surface area contributed by atoms with E-state index in [1.165, 1.54) is 19.2 Å². The van der Waals surface area contributed by atoms with Crippen LogP contribution >= 0.6 is 11.6 Å². The number of hydrogen-bond acceptors (Lipinski definition) is 3. The van der Waals surface area contributed by atoms with Crippen molar-refractivity contribution < 1.29 is 9.59 Å². The number of aromatic nitrogens is 1. The molecule has 5 nitrogen and oxygen atoms in total. The van der Waals surface area contributed by atoms with Crippen molar-refractivity contribution in [2.45, 2.75) is 13.5 Å². The van der Waals surface area contributed by atoms with Crippen LogP contribution in [0.25, 0.3) is 0 Å². The molecule has 108 valence electrons. The molecular formula is C15H14ClN3O2. The number of pyridine rings is 1. The Morgan fingerprint density at radius 1 is 1.19 bits per heavy atom. The van der Waals surface area contributed by atoms with Crippen molar-refractivity contribution >= 4 is 29.2 Å². The maximum atomic E-state index is 12.0. The Balaban J connectivity index is 1.99. The molecule has 6 heteroatoms. The number of nitrogens with zero attached hydrogens (tertiary/aromatic N) is 1. The largest absolute Gasteiger partial charge is 0.348 e. The van der Waals surface area contributed by atoms with Gasteiger partial charge in [-0.25, -0.2) is 4.98 Å². The first kappa shape index (κ1) is 15.0. The van der Waals surface area contributed by atoms with Crippen LogP contribution in [-0.4, -0.2) is 16.8 Å². The molecule has 2 aromatic rings. The van der Waals surface area contributed by atoms with Gasteiger partial charge in [0.25, 0.3) is 5.91 Å². The Bertz CT molecular complexity index is 656. The minimum absolute atomic E-state index is 0.235. The number of rotatable bonds is 4. The van der Waals surface area contributed by atoms with Crippen molar-refractivity contribution in [3.8, 4) is 0 Å². The van der Waals surface area contributed by atoms with Gasteiger partial charge in [0, 0.05) is 30.3 Å². The lowest BCUT2D eigenvalue weighted by Crippen LogP contribution is -2.23. The third kappa shape index (κ3) is 4.57. The van der Waals surface area contributed by atoms with Crippen molar-refractivity contribution in [1.29, 1.82) is 0 Å². The van der Waals surface area contributed by atoms with E-state index in [-0.39, 0.29) is 11.8 Å². The normalized spacial score (nSPS) is 10.0. The van der Waals surface area contributed by atoms with Gasteiger partial charge in [0.15, 0.2) is 0 Å². The van der Waals surface area contributed by atoms with Crippen LogP contribution in [0.5, 0.6) is 0 Å². The lowest BCUT2D eigenvalue weighted by Gasteiger charge is -2.07. The van der Waals surface area contributed by atoms with Crippen molar-refractivity contribution in [1.82, 2.24) is 10.3 Å². The monoisotopic (exact) mass is 303 g/mol. The topological polar surface area (TPSA) is 71.1 Å². The van der Waals surface area contributed by atoms with Gasteiger partial charge in [-0.1, -0.05) is 23.7 Å². The number of nitrogens with one attached hydrogen (secondary N) is 2. The minimum Gasteiger partial charge on any atom is -0.348 e. The summed E-state index contributed by atoms with van der Waals surface area (Å²) in [6.45, 7) is 1.78. The van der Waals surface area contributed by atoms with E-state index in [1.807, 2.05) is 12.1 Å². The summed E-state index contributed by atoms with van der Waals surface area (Å²) >= 11 is 5.80. The summed E-state index contributed by atoms with van der Waals surface area (Å²) in [5.74, 6) is -0.123. The molecule has 0 spiro atoms. The van der Waals surface area contributed by atoms with E-state index in [0.717, 1.165) is 5.56 Å². The lowest BCUT2D eigenvalue weighted by molar-refractivity contribution is -0.114. The average molecular weight is 304 g/mol. The van der Waals surface area contributed by atoms with E-state index in [9.17, 15) is 9.59 Å². The number of benzene rings is 1. The minimum atomic E-state index is -0.237. The Morgan fingerprint density at radius 3 is 2.57 bits per heavy atom. The van der Waals surface area contributed by atoms with Gasteiger partial charge in [-0.2, -0.15) is 0 Å². The summed E-state index contributed by atoms with van der Waals surface area (Å²) < 4.78 is 0. The van der Waals surface area contributed by atoms with Gasteiger partial charge in [0.1, 0.15) is 5.82 Å². The molecule has 2 rings (SSSR count). The fourth-order valence-electron chi connectivity index (χ4n) is 1.71. The molecule has 1 aromatic heterocycles. The molecule has 1 aromatic carbocycles. The number of amides is 2. The number of carbonyl (C=O) groups is 2. The van der Waals surface area contributed by atoms with Crippen molar-refractivity contribution in [3.05, 3.63) is 58.7 Å². The number of hydrogen-bond donors (Lipinski definition) is 2. The Hall–Kier alpha value is -2.40. The zero-order valence-electron chi connectivity index (χ0n) is 11.4. The lowest BCUT2D eigenvalue weighted by atomic mass is 10.2. The van der Waals surface area contributed by atoms with Gasteiger partial charge in [-0.05, 0) is 29.8 Å². The summed E-state index contributed by atoms with van der Waals surface area (Å²) in [6.07, 6.45) is 1.47. The molecule has 0 radical (unpaired) electrons. The molecule has 0 saturated carbocycles. The second-order valence-corrected chi connectivity index (χ2v) is 4.86. The number of carbonyl (C=O) groups excluding carboxylic acids is 2. The molecule has 0 atom stereocenters. The van der Waals surface area contributed by atoms with Crippen LogP contribution in [0.15, 0.2) is 42.6 Å². The second kappa shape index (κ2) is 6.85. The summed E-state index contributed by atoms with van der Waals surface area (Å²) in [4.78, 5) is 27.0. The molecule has 0 aliphatic carbocycles. The molecule has 2 amide bonds. The smallest absolute Gasteiger partial charge is 0.251 e. The van der Waals surface area contributed by atoms with Crippen molar-refractivity contribution in [2.24, 2.45) is 0 Å². The predicted octanol–water partition coefficient (Wildman–Crippen LogP) is 2.62. The van der Waals surface area contributed by atoms with Crippen molar-refractivity contribution in [3.63, 3.8) is 0 Å². The molecular weight excluding hydrogens is 290 g/mol. The molecule has 0 aliphatic rings. The van der Waals surface area contributed by atoms with Gasteiger partial charge in [0.05, 0.1) is 0 Å². The zero-order chi connectivity index (χ0) is 15.2. The van der Waals surface area contributed by atoms with Crippen LogP contribution < -0.4 is 10.6 Å². The summed E-state index contributed by atoms with van der Waals surface area (Å²) in [7, 11) is 0. The van der Waals surface area contributed by atoms with Gasteiger partial charge in [-0.3, -0.25) is 9.59 Å². The molecule has 21 heavy (non-hydrogen) atoms. The number of anilines is 1. The van der Waals surface area contributed by atoms with E-state index < -0.39 is 0 Å². The van der Waals surface area contributed by atoms with Gasteiger partial charge < -0.3 is 10.6 Å². The molecule has 0 bridgehead atoms. The summed E-state index contributed by atoms with van der Waals surface area (Å²) in [6, 6.07) is 10.3. The zero-order valence-corrected chi connectivity index (χ0v) is 12.1. The Kier molecular flexibility index (Phi) is 4.90. The third-order valence-electron chi connectivity index (χ3n) is 2.69. The fourth-order valence-corrected chi connectivity index (χ4v) is 1.83. The van der Waals surface area contributed by atoms with Crippen LogP contribution in [0.1, 0.15) is 22.8 Å². The van der Waals surface area contributed by atoms with Crippen LogP contribution in [0, 0.1) is 0 Å². The molecule has 1 heterocycles. The molecule has 0 aliphatic heterocycles. The molecule has 2 N–H and O–H groups in total. The first-order valence-corrected chi connectivity index (χ1v) is 6.68. The Morgan fingerprint density at radius 2 is 1.90 bits per heavy atom. The molecule has 0 fully saturated rings. The van der Waals surface area contributed by atoms with Crippen molar-refractivity contribution in [2.75, 3.05) is 5.32 Å². The van der Waals surface area contributed by atoms with Gasteiger partial charge in [0.2, 0.25) is 5.91 Å². The molecule has 0 saturated heterocycles.